The van der Waals surface area contributed by atoms with Crippen LogP contribution >= 0.6 is 0 Å². The van der Waals surface area contributed by atoms with Gasteiger partial charge in [-0.2, -0.15) is 0 Å². The van der Waals surface area contributed by atoms with Gasteiger partial charge in [0.1, 0.15) is 0 Å². The number of urea groups is 3. The Hall–Kier alpha value is -4.56. The van der Waals surface area contributed by atoms with E-state index in [9.17, 15) is 14.4 Å². The van der Waals surface area contributed by atoms with Gasteiger partial charge in [0.2, 0.25) is 0 Å². The Bertz CT molecular complexity index is 1460. The molecule has 1 aromatic carbocycles. The van der Waals surface area contributed by atoms with E-state index in [2.05, 4.69) is 16.3 Å². The zero-order chi connectivity index (χ0) is 39.0. The van der Waals surface area contributed by atoms with E-state index in [-0.39, 0.29) is 18.1 Å². The maximum atomic E-state index is 13.7. The Kier molecular flexibility index (Phi) is 9.46. The molecule has 3 aliphatic rings. The fourth-order valence-corrected chi connectivity index (χ4v) is 5.32. The van der Waals surface area contributed by atoms with E-state index in [0.717, 1.165) is 0 Å². The van der Waals surface area contributed by atoms with Gasteiger partial charge in [0, 0.05) is 16.7 Å². The summed E-state index contributed by atoms with van der Waals surface area (Å²) in [6.07, 6.45) is 0. The van der Waals surface area contributed by atoms with Crippen molar-refractivity contribution < 1.29 is 14.4 Å². The zero-order valence-corrected chi connectivity index (χ0v) is 34.0. The van der Waals surface area contributed by atoms with Gasteiger partial charge in [0.15, 0.2) is 17.5 Å². The Morgan fingerprint density at radius 2 is 0.569 bits per heavy atom. The molecule has 0 bridgehead atoms. The third-order valence-corrected chi connectivity index (χ3v) is 8.04. The molecule has 3 heterocycles. The Labute approximate surface area is 304 Å². The summed E-state index contributed by atoms with van der Waals surface area (Å²) in [7, 11) is 0. The maximum Gasteiger partial charge on any atom is 0.360 e. The highest BCUT2D eigenvalue weighted by Crippen LogP contribution is 2.30. The van der Waals surface area contributed by atoms with Gasteiger partial charge >= 0.3 is 18.1 Å². The molecular weight excluding hydrogens is 648 g/mol. The first-order chi connectivity index (χ1) is 22.8. The van der Waals surface area contributed by atoms with Gasteiger partial charge in [0.25, 0.3) is 0 Å². The monoisotopic (exact) mass is 708 g/mol. The summed E-state index contributed by atoms with van der Waals surface area (Å²) >= 11 is 0. The first-order valence-corrected chi connectivity index (χ1v) is 17.5. The van der Waals surface area contributed by atoms with Crippen LogP contribution in [-0.2, 0) is 0 Å². The number of carbonyl (C=O) groups is 3. The summed E-state index contributed by atoms with van der Waals surface area (Å²) in [4.78, 5) is 41.2. The summed E-state index contributed by atoms with van der Waals surface area (Å²) in [6.45, 7) is 34.9. The van der Waals surface area contributed by atoms with Crippen molar-refractivity contribution in [2.75, 3.05) is 0 Å². The molecule has 4 rings (SSSR count). The van der Waals surface area contributed by atoms with Crippen molar-refractivity contribution in [2.24, 2.45) is 15.3 Å². The molecule has 15 heteroatoms. The second-order valence-corrected chi connectivity index (χ2v) is 19.3. The number of carbonyl (C=O) groups excluding carboxylic acids is 3. The van der Waals surface area contributed by atoms with E-state index in [1.807, 2.05) is 143 Å². The number of hydrogen-bond donors (Lipinski definition) is 3. The molecule has 0 atom stereocenters. The quantitative estimate of drug-likeness (QED) is 0.342. The van der Waals surface area contributed by atoms with Crippen LogP contribution in [0.1, 0.15) is 141 Å². The molecule has 15 nitrogen and oxygen atoms in total. The lowest BCUT2D eigenvalue weighted by atomic mass is 10.0. The average molecular weight is 709 g/mol. The third kappa shape index (κ3) is 8.01. The van der Waals surface area contributed by atoms with Crippen LogP contribution in [0.25, 0.3) is 0 Å². The summed E-state index contributed by atoms with van der Waals surface area (Å²) in [5.41, 5.74) is 8.00. The molecule has 0 unspecified atom stereocenters. The van der Waals surface area contributed by atoms with Crippen molar-refractivity contribution in [3.8, 4) is 0 Å². The number of rotatable bonds is 3. The van der Waals surface area contributed by atoms with Crippen LogP contribution in [0, 0.1) is 0 Å². The van der Waals surface area contributed by atoms with Gasteiger partial charge in [-0.25, -0.2) is 44.4 Å². The number of amidine groups is 3. The number of nitrogens with zero attached hydrogens (tertiary/aromatic N) is 9. The van der Waals surface area contributed by atoms with Crippen LogP contribution in [0.4, 0.5) is 14.4 Å². The summed E-state index contributed by atoms with van der Waals surface area (Å²) in [6, 6.07) is 4.88. The minimum absolute atomic E-state index is 0.285. The molecule has 51 heavy (non-hydrogen) atoms. The summed E-state index contributed by atoms with van der Waals surface area (Å²) in [5.74, 6) is 1.26. The zero-order valence-electron chi connectivity index (χ0n) is 34.0. The molecule has 0 aromatic heterocycles. The molecule has 282 valence electrons. The Balaban J connectivity index is 2.05. The normalized spacial score (nSPS) is 18.7. The average Bonchev–Trinajstić information content (AvgIpc) is 2.93. The van der Waals surface area contributed by atoms with E-state index in [4.69, 9.17) is 15.3 Å². The van der Waals surface area contributed by atoms with Crippen LogP contribution in [0.2, 0.25) is 0 Å². The molecule has 3 N–H and O–H groups in total. The highest BCUT2D eigenvalue weighted by atomic mass is 16.2. The summed E-state index contributed by atoms with van der Waals surface area (Å²) in [5, 5.41) is 23.7. The predicted octanol–water partition coefficient (Wildman–Crippen LogP) is 6.19. The lowest BCUT2D eigenvalue weighted by Crippen LogP contribution is -2.65. The Morgan fingerprint density at radius 3 is 0.725 bits per heavy atom. The first kappa shape index (κ1) is 39.2. The summed E-state index contributed by atoms with van der Waals surface area (Å²) < 4.78 is 0. The van der Waals surface area contributed by atoms with Gasteiger partial charge in [-0.1, -0.05) is 0 Å². The van der Waals surface area contributed by atoms with E-state index in [0.29, 0.717) is 34.2 Å². The number of nitrogens with one attached hydrogen (secondary N) is 3. The lowest BCUT2D eigenvalue weighted by molar-refractivity contribution is 0.0530. The van der Waals surface area contributed by atoms with Crippen molar-refractivity contribution in [1.29, 1.82) is 0 Å². The first-order valence-electron chi connectivity index (χ1n) is 17.5. The highest BCUT2D eigenvalue weighted by Gasteiger charge is 2.44. The Morgan fingerprint density at radius 1 is 0.373 bits per heavy atom. The number of amides is 6. The van der Waals surface area contributed by atoms with Gasteiger partial charge in [-0.05, 0) is 143 Å². The largest absolute Gasteiger partial charge is 0.360 e. The molecule has 0 saturated carbocycles. The van der Waals surface area contributed by atoms with Gasteiger partial charge < -0.3 is 0 Å². The molecule has 1 aromatic rings. The second kappa shape index (κ2) is 12.3. The van der Waals surface area contributed by atoms with Crippen LogP contribution < -0.4 is 16.3 Å². The SMILES string of the molecule is CC(C)(C)N1N=C(c2cc(C3=NN(C(C)(C)C)C(=O)N(C(C)(C)C)N3)cc(C3=NN(C(C)(C)C)C(=O)N(C(C)(C)C)N3)c2)NN(C(C)(C)C)C1=O. The van der Waals surface area contributed by atoms with Crippen molar-refractivity contribution >= 4 is 35.6 Å². The van der Waals surface area contributed by atoms with Crippen molar-refractivity contribution in [3.05, 3.63) is 34.9 Å². The van der Waals surface area contributed by atoms with Crippen molar-refractivity contribution in [1.82, 2.24) is 46.3 Å². The molecule has 0 radical (unpaired) electrons. The van der Waals surface area contributed by atoms with Gasteiger partial charge in [-0.15, -0.1) is 15.3 Å². The fourth-order valence-electron chi connectivity index (χ4n) is 5.32. The maximum absolute atomic E-state index is 13.7. The van der Waals surface area contributed by atoms with Gasteiger partial charge in [-0.3, -0.25) is 16.3 Å². The molecule has 6 amide bonds. The highest BCUT2D eigenvalue weighted by molar-refractivity contribution is 6.10. The van der Waals surface area contributed by atoms with Crippen LogP contribution in [-0.4, -0.2) is 98.9 Å². The van der Waals surface area contributed by atoms with E-state index in [1.165, 1.54) is 15.0 Å². The minimum atomic E-state index is -0.639. The van der Waals surface area contributed by atoms with E-state index >= 15 is 0 Å². The van der Waals surface area contributed by atoms with Crippen LogP contribution in [0.3, 0.4) is 0 Å². The lowest BCUT2D eigenvalue weighted by Gasteiger charge is -2.46. The topological polar surface area (TPSA) is 144 Å². The molecular formula is C36H60N12O3. The number of hydrazine groups is 3. The van der Waals surface area contributed by atoms with Gasteiger partial charge in [0.05, 0.1) is 33.2 Å². The number of benzene rings is 1. The smallest absolute Gasteiger partial charge is 0.275 e. The second-order valence-electron chi connectivity index (χ2n) is 19.3. The molecule has 0 fully saturated rings. The predicted molar refractivity (Wildman–Crippen MR) is 201 cm³/mol. The molecule has 0 aliphatic carbocycles. The van der Waals surface area contributed by atoms with E-state index in [1.54, 1.807) is 15.0 Å². The minimum Gasteiger partial charge on any atom is -0.275 e. The molecule has 0 spiro atoms. The van der Waals surface area contributed by atoms with Crippen LogP contribution in [0.5, 0.6) is 0 Å². The molecule has 3 aliphatic heterocycles. The number of hydrogen-bond acceptors (Lipinski definition) is 9. The standard InChI is InChI=1S/C36H60N12O3/c1-31(2,3)43-28(49)44(32(4,5)6)38-25(37-43)22-19-23(26-39-45(33(7,8)9)29(50)46(40-26)34(10,11)12)21-24(20-22)27-41-47(35(13,14)15)30(51)48(42-27)36(16,17)18/h19-21H,1-18H3,(H,37,38)(H,39,40)(H,41,42). The van der Waals surface area contributed by atoms with E-state index < -0.39 is 33.2 Å². The number of hydrazone groups is 3. The fraction of sp³-hybridized carbons (Fsp3) is 0.667. The van der Waals surface area contributed by atoms with Crippen molar-refractivity contribution in [2.45, 2.75) is 158 Å². The van der Waals surface area contributed by atoms with Crippen molar-refractivity contribution in [3.63, 3.8) is 0 Å². The molecule has 0 saturated heterocycles. The van der Waals surface area contributed by atoms with Crippen LogP contribution in [0.15, 0.2) is 33.5 Å². The third-order valence-electron chi connectivity index (χ3n) is 8.04.